The van der Waals surface area contributed by atoms with Gasteiger partial charge in [0.25, 0.3) is 0 Å². The Labute approximate surface area is 110 Å². The number of piperazine rings is 1. The fraction of sp³-hybridized carbons (Fsp3) is 1.00. The number of nitrogens with one attached hydrogen (secondary N) is 1. The third kappa shape index (κ3) is 5.19. The standard InChI is InChI=1S/C11H25N3O3S/c1-3-12-11(10-15)4-5-13-6-8-14(9-7-13)18(2,16)17/h11-12,15H,3-10H2,1-2H3. The maximum Gasteiger partial charge on any atom is 0.211 e. The van der Waals surface area contributed by atoms with Crippen molar-refractivity contribution < 1.29 is 13.5 Å². The molecular weight excluding hydrogens is 254 g/mol. The predicted molar refractivity (Wildman–Crippen MR) is 72.0 cm³/mol. The summed E-state index contributed by atoms with van der Waals surface area (Å²) in [5, 5.41) is 12.4. The van der Waals surface area contributed by atoms with E-state index < -0.39 is 10.0 Å². The monoisotopic (exact) mass is 279 g/mol. The molecule has 0 bridgehead atoms. The van der Waals surface area contributed by atoms with Gasteiger partial charge in [-0.25, -0.2) is 8.42 Å². The van der Waals surface area contributed by atoms with Crippen molar-refractivity contribution in [3.63, 3.8) is 0 Å². The van der Waals surface area contributed by atoms with Gasteiger partial charge in [0.05, 0.1) is 12.9 Å². The average Bonchev–Trinajstić information content (AvgIpc) is 2.34. The fourth-order valence-electron chi connectivity index (χ4n) is 2.17. The number of rotatable bonds is 7. The second kappa shape index (κ2) is 7.40. The van der Waals surface area contributed by atoms with E-state index in [4.69, 9.17) is 5.11 Å². The highest BCUT2D eigenvalue weighted by molar-refractivity contribution is 7.88. The van der Waals surface area contributed by atoms with Gasteiger partial charge in [-0.1, -0.05) is 6.92 Å². The van der Waals surface area contributed by atoms with Crippen molar-refractivity contribution in [2.75, 3.05) is 52.1 Å². The molecule has 1 fully saturated rings. The van der Waals surface area contributed by atoms with Crippen LogP contribution in [0, 0.1) is 0 Å². The smallest absolute Gasteiger partial charge is 0.211 e. The van der Waals surface area contributed by atoms with Gasteiger partial charge in [0.15, 0.2) is 0 Å². The van der Waals surface area contributed by atoms with Gasteiger partial charge in [-0.3, -0.25) is 0 Å². The van der Waals surface area contributed by atoms with Crippen LogP contribution in [0.5, 0.6) is 0 Å². The van der Waals surface area contributed by atoms with E-state index in [1.807, 2.05) is 6.92 Å². The van der Waals surface area contributed by atoms with E-state index in [1.165, 1.54) is 10.6 Å². The van der Waals surface area contributed by atoms with Crippen LogP contribution < -0.4 is 5.32 Å². The summed E-state index contributed by atoms with van der Waals surface area (Å²) in [6.45, 7) is 6.62. The molecule has 0 aliphatic carbocycles. The molecule has 0 amide bonds. The lowest BCUT2D eigenvalue weighted by molar-refractivity contribution is 0.167. The van der Waals surface area contributed by atoms with Crippen LogP contribution in [0.3, 0.4) is 0 Å². The van der Waals surface area contributed by atoms with Gasteiger partial charge < -0.3 is 15.3 Å². The minimum absolute atomic E-state index is 0.142. The zero-order valence-electron chi connectivity index (χ0n) is 11.3. The second-order valence-corrected chi connectivity index (χ2v) is 6.71. The van der Waals surface area contributed by atoms with Crippen LogP contribution >= 0.6 is 0 Å². The van der Waals surface area contributed by atoms with Gasteiger partial charge in [0.2, 0.25) is 10.0 Å². The van der Waals surface area contributed by atoms with Crippen molar-refractivity contribution in [3.05, 3.63) is 0 Å². The van der Waals surface area contributed by atoms with Crippen LogP contribution in [-0.4, -0.2) is 80.9 Å². The molecule has 1 unspecified atom stereocenters. The molecule has 1 atom stereocenters. The van der Waals surface area contributed by atoms with Crippen molar-refractivity contribution in [1.82, 2.24) is 14.5 Å². The van der Waals surface area contributed by atoms with E-state index in [0.29, 0.717) is 13.1 Å². The van der Waals surface area contributed by atoms with Crippen LogP contribution in [-0.2, 0) is 10.0 Å². The summed E-state index contributed by atoms with van der Waals surface area (Å²) < 4.78 is 24.2. The summed E-state index contributed by atoms with van der Waals surface area (Å²) in [7, 11) is -3.04. The number of sulfonamides is 1. The van der Waals surface area contributed by atoms with Gasteiger partial charge >= 0.3 is 0 Å². The molecule has 0 aromatic carbocycles. The first kappa shape index (κ1) is 15.8. The summed E-state index contributed by atoms with van der Waals surface area (Å²) in [6, 6.07) is 0.142. The van der Waals surface area contributed by atoms with Crippen LogP contribution in [0.4, 0.5) is 0 Å². The Balaban J connectivity index is 2.27. The molecule has 7 heteroatoms. The molecule has 2 N–H and O–H groups in total. The fourth-order valence-corrected chi connectivity index (χ4v) is 3.00. The molecular formula is C11H25N3O3S. The topological polar surface area (TPSA) is 72.9 Å². The first-order valence-corrected chi connectivity index (χ1v) is 8.34. The molecule has 0 spiro atoms. The van der Waals surface area contributed by atoms with Gasteiger partial charge in [0, 0.05) is 32.2 Å². The Hall–Kier alpha value is -0.210. The highest BCUT2D eigenvalue weighted by atomic mass is 32.2. The van der Waals surface area contributed by atoms with Crippen molar-refractivity contribution >= 4 is 10.0 Å². The van der Waals surface area contributed by atoms with Crippen LogP contribution in [0.1, 0.15) is 13.3 Å². The highest BCUT2D eigenvalue weighted by Crippen LogP contribution is 2.07. The molecule has 1 saturated heterocycles. The normalized spacial score (nSPS) is 21.1. The average molecular weight is 279 g/mol. The largest absolute Gasteiger partial charge is 0.395 e. The van der Waals surface area contributed by atoms with E-state index >= 15 is 0 Å². The molecule has 0 radical (unpaired) electrons. The molecule has 6 nitrogen and oxygen atoms in total. The summed E-state index contributed by atoms with van der Waals surface area (Å²) >= 11 is 0. The Kier molecular flexibility index (Phi) is 6.51. The number of hydrogen-bond acceptors (Lipinski definition) is 5. The first-order valence-electron chi connectivity index (χ1n) is 6.49. The minimum atomic E-state index is -3.04. The number of hydrogen-bond donors (Lipinski definition) is 2. The number of nitrogens with zero attached hydrogens (tertiary/aromatic N) is 2. The van der Waals surface area contributed by atoms with Crippen molar-refractivity contribution in [2.24, 2.45) is 0 Å². The Morgan fingerprint density at radius 3 is 2.33 bits per heavy atom. The Morgan fingerprint density at radius 1 is 1.28 bits per heavy atom. The first-order chi connectivity index (χ1) is 8.47. The van der Waals surface area contributed by atoms with Crippen LogP contribution in [0.15, 0.2) is 0 Å². The maximum absolute atomic E-state index is 11.4. The van der Waals surface area contributed by atoms with E-state index in [1.54, 1.807) is 0 Å². The lowest BCUT2D eigenvalue weighted by atomic mass is 10.2. The van der Waals surface area contributed by atoms with Gasteiger partial charge in [0.1, 0.15) is 0 Å². The van der Waals surface area contributed by atoms with E-state index in [-0.39, 0.29) is 12.6 Å². The molecule has 108 valence electrons. The van der Waals surface area contributed by atoms with Crippen molar-refractivity contribution in [2.45, 2.75) is 19.4 Å². The van der Waals surface area contributed by atoms with Crippen molar-refractivity contribution in [3.8, 4) is 0 Å². The summed E-state index contributed by atoms with van der Waals surface area (Å²) in [5.74, 6) is 0. The Bertz CT molecular complexity index is 326. The van der Waals surface area contributed by atoms with Gasteiger partial charge in [-0.05, 0) is 19.5 Å². The third-order valence-electron chi connectivity index (χ3n) is 3.31. The number of aliphatic hydroxyl groups is 1. The summed E-state index contributed by atoms with van der Waals surface area (Å²) in [4.78, 5) is 2.25. The predicted octanol–water partition coefficient (Wildman–Crippen LogP) is -1.08. The van der Waals surface area contributed by atoms with Crippen molar-refractivity contribution in [1.29, 1.82) is 0 Å². The summed E-state index contributed by atoms with van der Waals surface area (Å²) in [5.41, 5.74) is 0. The second-order valence-electron chi connectivity index (χ2n) is 4.73. The maximum atomic E-state index is 11.4. The SMILES string of the molecule is CCNC(CO)CCN1CCN(S(C)(=O)=O)CC1. The molecule has 0 aromatic heterocycles. The lowest BCUT2D eigenvalue weighted by Gasteiger charge is -2.33. The third-order valence-corrected chi connectivity index (χ3v) is 4.61. The van der Waals surface area contributed by atoms with Gasteiger partial charge in [-0.2, -0.15) is 4.31 Å². The molecule has 1 heterocycles. The zero-order chi connectivity index (χ0) is 13.6. The van der Waals surface area contributed by atoms with Crippen LogP contribution in [0.25, 0.3) is 0 Å². The molecule has 1 aliphatic rings. The molecule has 0 aromatic rings. The minimum Gasteiger partial charge on any atom is -0.395 e. The van der Waals surface area contributed by atoms with E-state index in [2.05, 4.69) is 10.2 Å². The molecule has 18 heavy (non-hydrogen) atoms. The lowest BCUT2D eigenvalue weighted by Crippen LogP contribution is -2.49. The Morgan fingerprint density at radius 2 is 1.89 bits per heavy atom. The number of likely N-dealkylation sites (N-methyl/N-ethyl adjacent to an activating group) is 1. The summed E-state index contributed by atoms with van der Waals surface area (Å²) in [6.07, 6.45) is 2.15. The van der Waals surface area contributed by atoms with Gasteiger partial charge in [-0.15, -0.1) is 0 Å². The number of aliphatic hydroxyl groups excluding tert-OH is 1. The quantitative estimate of drug-likeness (QED) is 0.620. The zero-order valence-corrected chi connectivity index (χ0v) is 12.1. The highest BCUT2D eigenvalue weighted by Gasteiger charge is 2.23. The van der Waals surface area contributed by atoms with E-state index in [9.17, 15) is 8.42 Å². The molecule has 1 rings (SSSR count). The van der Waals surface area contributed by atoms with Crippen LogP contribution in [0.2, 0.25) is 0 Å². The molecule has 0 saturated carbocycles. The molecule has 1 aliphatic heterocycles. The van der Waals surface area contributed by atoms with E-state index in [0.717, 1.165) is 32.6 Å².